The smallest absolute Gasteiger partial charge is 0.239 e. The number of carbonyl (C=O) groups excluding carboxylic acids is 1. The van der Waals surface area contributed by atoms with Crippen molar-refractivity contribution < 1.29 is 13.2 Å². The van der Waals surface area contributed by atoms with E-state index >= 15 is 0 Å². The van der Waals surface area contributed by atoms with Gasteiger partial charge in [0.15, 0.2) is 0 Å². The van der Waals surface area contributed by atoms with Crippen LogP contribution in [-0.2, 0) is 20.2 Å². The maximum absolute atomic E-state index is 12.0. The van der Waals surface area contributed by atoms with Crippen LogP contribution in [-0.4, -0.2) is 38.0 Å². The molecule has 0 aliphatic heterocycles. The number of sulfonamides is 1. The van der Waals surface area contributed by atoms with Crippen molar-refractivity contribution in [3.05, 3.63) is 42.5 Å². The maximum atomic E-state index is 12.0. The Hall–Kier alpha value is -1.66. The Labute approximate surface area is 133 Å². The standard InChI is InChI=1S/C16H24N2O3S/c1-6-11-18(22(5,20)21)12-15(19)17-14-9-7-13(8-10-14)16(2,3)4/h6-10H,1,11-12H2,2-5H3,(H,17,19). The molecule has 1 rings (SSSR count). The summed E-state index contributed by atoms with van der Waals surface area (Å²) in [5, 5.41) is 2.70. The monoisotopic (exact) mass is 324 g/mol. The molecule has 0 aliphatic carbocycles. The highest BCUT2D eigenvalue weighted by Gasteiger charge is 2.19. The van der Waals surface area contributed by atoms with Crippen molar-refractivity contribution in [2.75, 3.05) is 24.7 Å². The predicted octanol–water partition coefficient (Wildman–Crippen LogP) is 2.37. The van der Waals surface area contributed by atoms with Gasteiger partial charge in [-0.05, 0) is 23.1 Å². The quantitative estimate of drug-likeness (QED) is 0.817. The second kappa shape index (κ2) is 7.07. The first kappa shape index (κ1) is 18.4. The molecule has 0 radical (unpaired) electrons. The van der Waals surface area contributed by atoms with Crippen molar-refractivity contribution in [1.29, 1.82) is 0 Å². The van der Waals surface area contributed by atoms with Crippen molar-refractivity contribution in [3.8, 4) is 0 Å². The topological polar surface area (TPSA) is 66.5 Å². The van der Waals surface area contributed by atoms with Crippen molar-refractivity contribution in [2.45, 2.75) is 26.2 Å². The third kappa shape index (κ3) is 5.61. The summed E-state index contributed by atoms with van der Waals surface area (Å²) in [6, 6.07) is 7.54. The molecule has 0 unspecified atom stereocenters. The normalized spacial score (nSPS) is 12.2. The van der Waals surface area contributed by atoms with Gasteiger partial charge >= 0.3 is 0 Å². The number of hydrogen-bond donors (Lipinski definition) is 1. The number of benzene rings is 1. The van der Waals surface area contributed by atoms with E-state index in [1.54, 1.807) is 0 Å². The first-order valence-corrected chi connectivity index (χ1v) is 8.85. The van der Waals surface area contributed by atoms with Crippen LogP contribution in [0.2, 0.25) is 0 Å². The second-order valence-corrected chi connectivity index (χ2v) is 8.20. The summed E-state index contributed by atoms with van der Waals surface area (Å²) in [7, 11) is -3.44. The van der Waals surface area contributed by atoms with E-state index in [1.165, 1.54) is 6.08 Å². The molecule has 0 spiro atoms. The Morgan fingerprint density at radius 1 is 1.27 bits per heavy atom. The zero-order valence-electron chi connectivity index (χ0n) is 13.6. The molecule has 1 aromatic carbocycles. The molecule has 5 nitrogen and oxygen atoms in total. The Bertz CT molecular complexity index is 628. The molecular weight excluding hydrogens is 300 g/mol. The number of amides is 1. The van der Waals surface area contributed by atoms with E-state index in [2.05, 4.69) is 32.7 Å². The van der Waals surface area contributed by atoms with Gasteiger partial charge in [0.1, 0.15) is 0 Å². The van der Waals surface area contributed by atoms with Crippen LogP contribution in [0.1, 0.15) is 26.3 Å². The van der Waals surface area contributed by atoms with E-state index in [9.17, 15) is 13.2 Å². The number of anilines is 1. The van der Waals surface area contributed by atoms with Crippen LogP contribution < -0.4 is 5.32 Å². The highest BCUT2D eigenvalue weighted by molar-refractivity contribution is 7.88. The number of carbonyl (C=O) groups is 1. The molecule has 6 heteroatoms. The molecule has 0 fully saturated rings. The average Bonchev–Trinajstić information content (AvgIpc) is 2.36. The van der Waals surface area contributed by atoms with E-state index in [0.717, 1.165) is 16.1 Å². The molecule has 0 saturated carbocycles. The van der Waals surface area contributed by atoms with Crippen LogP contribution in [0.5, 0.6) is 0 Å². The lowest BCUT2D eigenvalue weighted by Crippen LogP contribution is -2.37. The lowest BCUT2D eigenvalue weighted by molar-refractivity contribution is -0.116. The fraction of sp³-hybridized carbons (Fsp3) is 0.438. The largest absolute Gasteiger partial charge is 0.325 e. The van der Waals surface area contributed by atoms with Crippen LogP contribution >= 0.6 is 0 Å². The Balaban J connectivity index is 2.74. The van der Waals surface area contributed by atoms with E-state index in [0.29, 0.717) is 5.69 Å². The Kier molecular flexibility index (Phi) is 5.91. The zero-order valence-corrected chi connectivity index (χ0v) is 14.4. The average molecular weight is 324 g/mol. The van der Waals surface area contributed by atoms with Crippen molar-refractivity contribution in [3.63, 3.8) is 0 Å². The van der Waals surface area contributed by atoms with Gasteiger partial charge in [0.25, 0.3) is 0 Å². The number of nitrogens with zero attached hydrogens (tertiary/aromatic N) is 1. The van der Waals surface area contributed by atoms with Gasteiger partial charge in [-0.25, -0.2) is 8.42 Å². The van der Waals surface area contributed by atoms with Crippen LogP contribution in [0.4, 0.5) is 5.69 Å². The van der Waals surface area contributed by atoms with Gasteiger partial charge in [-0.2, -0.15) is 4.31 Å². The molecule has 1 aromatic rings. The number of rotatable bonds is 6. The Morgan fingerprint density at radius 2 is 1.82 bits per heavy atom. The van der Waals surface area contributed by atoms with Crippen LogP contribution in [0.25, 0.3) is 0 Å². The summed E-state index contributed by atoms with van der Waals surface area (Å²) in [4.78, 5) is 12.0. The van der Waals surface area contributed by atoms with Gasteiger partial charge in [-0.1, -0.05) is 39.0 Å². The van der Waals surface area contributed by atoms with Gasteiger partial charge in [-0.3, -0.25) is 4.79 Å². The third-order valence-corrected chi connectivity index (χ3v) is 4.37. The molecule has 122 valence electrons. The zero-order chi connectivity index (χ0) is 17.0. The molecular formula is C16H24N2O3S. The first-order valence-electron chi connectivity index (χ1n) is 7.00. The van der Waals surface area contributed by atoms with Gasteiger partial charge in [0, 0.05) is 12.2 Å². The minimum absolute atomic E-state index is 0.0413. The summed E-state index contributed by atoms with van der Waals surface area (Å²) in [6.45, 7) is 9.71. The fourth-order valence-electron chi connectivity index (χ4n) is 1.88. The molecule has 0 aromatic heterocycles. The third-order valence-electron chi connectivity index (χ3n) is 3.16. The maximum Gasteiger partial charge on any atom is 0.239 e. The highest BCUT2D eigenvalue weighted by Crippen LogP contribution is 2.23. The molecule has 1 amide bonds. The molecule has 22 heavy (non-hydrogen) atoms. The molecule has 0 bridgehead atoms. The number of nitrogens with one attached hydrogen (secondary N) is 1. The van der Waals surface area contributed by atoms with Gasteiger partial charge in [0.2, 0.25) is 15.9 Å². The molecule has 0 aliphatic rings. The van der Waals surface area contributed by atoms with Crippen LogP contribution in [0.15, 0.2) is 36.9 Å². The predicted molar refractivity (Wildman–Crippen MR) is 90.4 cm³/mol. The van der Waals surface area contributed by atoms with Crippen LogP contribution in [0, 0.1) is 0 Å². The SMILES string of the molecule is C=CCN(CC(=O)Nc1ccc(C(C)(C)C)cc1)S(C)(=O)=O. The second-order valence-electron chi connectivity index (χ2n) is 6.22. The van der Waals surface area contributed by atoms with E-state index in [4.69, 9.17) is 0 Å². The molecule has 1 N–H and O–H groups in total. The lowest BCUT2D eigenvalue weighted by atomic mass is 9.87. The van der Waals surface area contributed by atoms with E-state index in [-0.39, 0.29) is 24.4 Å². The minimum atomic E-state index is -3.44. The molecule has 0 atom stereocenters. The minimum Gasteiger partial charge on any atom is -0.325 e. The van der Waals surface area contributed by atoms with Crippen molar-refractivity contribution in [2.24, 2.45) is 0 Å². The highest BCUT2D eigenvalue weighted by atomic mass is 32.2. The van der Waals surface area contributed by atoms with Gasteiger partial charge in [0.05, 0.1) is 12.8 Å². The summed E-state index contributed by atoms with van der Waals surface area (Å²) < 4.78 is 24.2. The van der Waals surface area contributed by atoms with Gasteiger partial charge in [-0.15, -0.1) is 6.58 Å². The summed E-state index contributed by atoms with van der Waals surface area (Å²) in [5.74, 6) is -0.379. The van der Waals surface area contributed by atoms with Crippen molar-refractivity contribution in [1.82, 2.24) is 4.31 Å². The summed E-state index contributed by atoms with van der Waals surface area (Å²) in [6.07, 6.45) is 2.52. The Morgan fingerprint density at radius 3 is 2.23 bits per heavy atom. The molecule has 0 heterocycles. The molecule has 0 saturated heterocycles. The summed E-state index contributed by atoms with van der Waals surface area (Å²) in [5.41, 5.74) is 1.85. The first-order chi connectivity index (χ1) is 10.0. The number of hydrogen-bond acceptors (Lipinski definition) is 3. The van der Waals surface area contributed by atoms with Crippen LogP contribution in [0.3, 0.4) is 0 Å². The fourth-order valence-corrected chi connectivity index (χ4v) is 2.60. The summed E-state index contributed by atoms with van der Waals surface area (Å²) >= 11 is 0. The van der Waals surface area contributed by atoms with Crippen molar-refractivity contribution >= 4 is 21.6 Å². The lowest BCUT2D eigenvalue weighted by Gasteiger charge is -2.20. The van der Waals surface area contributed by atoms with E-state index < -0.39 is 10.0 Å². The van der Waals surface area contributed by atoms with E-state index in [1.807, 2.05) is 24.3 Å². The van der Waals surface area contributed by atoms with Gasteiger partial charge < -0.3 is 5.32 Å².